The molecule has 4 aromatic rings. The SMILES string of the molecule is Cc1ccc(CNC(C)c2cnn(-c3cccc4ccccc34)c2C)s1. The molecular weight excluding hydrogens is 338 g/mol. The molecule has 132 valence electrons. The normalized spacial score (nSPS) is 12.6. The van der Waals surface area contributed by atoms with Crippen LogP contribution in [-0.4, -0.2) is 9.78 Å². The molecule has 0 aliphatic rings. The Morgan fingerprint density at radius 1 is 1.04 bits per heavy atom. The molecule has 26 heavy (non-hydrogen) atoms. The summed E-state index contributed by atoms with van der Waals surface area (Å²) in [5.41, 5.74) is 3.56. The highest BCUT2D eigenvalue weighted by atomic mass is 32.1. The zero-order valence-electron chi connectivity index (χ0n) is 15.4. The Hall–Kier alpha value is -2.43. The van der Waals surface area contributed by atoms with E-state index in [0.717, 1.165) is 12.2 Å². The number of aryl methyl sites for hydroxylation is 1. The number of nitrogens with zero attached hydrogens (tertiary/aromatic N) is 2. The van der Waals surface area contributed by atoms with Gasteiger partial charge in [0, 0.05) is 39.0 Å². The van der Waals surface area contributed by atoms with E-state index in [-0.39, 0.29) is 6.04 Å². The summed E-state index contributed by atoms with van der Waals surface area (Å²) in [4.78, 5) is 2.72. The molecule has 0 fully saturated rings. The van der Waals surface area contributed by atoms with Gasteiger partial charge in [0.15, 0.2) is 0 Å². The van der Waals surface area contributed by atoms with Crippen molar-refractivity contribution < 1.29 is 0 Å². The second-order valence-corrected chi connectivity index (χ2v) is 8.08. The Bertz CT molecular complexity index is 1040. The van der Waals surface area contributed by atoms with Gasteiger partial charge in [-0.25, -0.2) is 4.68 Å². The van der Waals surface area contributed by atoms with E-state index >= 15 is 0 Å². The van der Waals surface area contributed by atoms with Gasteiger partial charge in [0.1, 0.15) is 0 Å². The monoisotopic (exact) mass is 361 g/mol. The summed E-state index contributed by atoms with van der Waals surface area (Å²) in [7, 11) is 0. The van der Waals surface area contributed by atoms with Crippen molar-refractivity contribution in [2.24, 2.45) is 0 Å². The molecule has 4 heteroatoms. The van der Waals surface area contributed by atoms with Crippen LogP contribution in [0.25, 0.3) is 16.5 Å². The minimum absolute atomic E-state index is 0.251. The van der Waals surface area contributed by atoms with Crippen LogP contribution in [0.2, 0.25) is 0 Å². The van der Waals surface area contributed by atoms with Crippen molar-refractivity contribution in [1.82, 2.24) is 15.1 Å². The number of hydrogen-bond acceptors (Lipinski definition) is 3. The summed E-state index contributed by atoms with van der Waals surface area (Å²) in [5.74, 6) is 0. The molecule has 0 saturated heterocycles. The quantitative estimate of drug-likeness (QED) is 0.505. The van der Waals surface area contributed by atoms with Crippen molar-refractivity contribution in [2.75, 3.05) is 0 Å². The van der Waals surface area contributed by atoms with Crippen molar-refractivity contribution in [3.05, 3.63) is 81.8 Å². The van der Waals surface area contributed by atoms with Crippen LogP contribution >= 0.6 is 11.3 Å². The van der Waals surface area contributed by atoms with Crippen LogP contribution in [0.5, 0.6) is 0 Å². The number of hydrogen-bond donors (Lipinski definition) is 1. The molecule has 0 radical (unpaired) electrons. The predicted molar refractivity (Wildman–Crippen MR) is 110 cm³/mol. The second-order valence-electron chi connectivity index (χ2n) is 6.71. The molecule has 0 amide bonds. The van der Waals surface area contributed by atoms with Gasteiger partial charge in [-0.15, -0.1) is 11.3 Å². The molecule has 1 unspecified atom stereocenters. The largest absolute Gasteiger partial charge is 0.305 e. The minimum atomic E-state index is 0.251. The molecule has 0 saturated carbocycles. The summed E-state index contributed by atoms with van der Waals surface area (Å²) in [6.07, 6.45) is 1.99. The van der Waals surface area contributed by atoms with Gasteiger partial charge >= 0.3 is 0 Å². The lowest BCUT2D eigenvalue weighted by molar-refractivity contribution is 0.576. The highest BCUT2D eigenvalue weighted by molar-refractivity contribution is 7.11. The maximum absolute atomic E-state index is 4.70. The van der Waals surface area contributed by atoms with Gasteiger partial charge in [0.05, 0.1) is 11.9 Å². The minimum Gasteiger partial charge on any atom is -0.305 e. The van der Waals surface area contributed by atoms with E-state index in [1.807, 2.05) is 17.5 Å². The molecule has 3 nitrogen and oxygen atoms in total. The van der Waals surface area contributed by atoms with Crippen LogP contribution in [0.3, 0.4) is 0 Å². The molecule has 2 aromatic heterocycles. The Kier molecular flexibility index (Phi) is 4.62. The summed E-state index contributed by atoms with van der Waals surface area (Å²) in [6.45, 7) is 7.39. The first kappa shape index (κ1) is 17.0. The standard InChI is InChI=1S/C22H23N3S/c1-15-11-12-19(26-15)13-23-16(2)21-14-24-25(17(21)3)22-10-6-8-18-7-4-5-9-20(18)22/h4-12,14,16,23H,13H2,1-3H3. The lowest BCUT2D eigenvalue weighted by Crippen LogP contribution is -2.18. The Labute approximate surface area is 158 Å². The lowest BCUT2D eigenvalue weighted by atomic mass is 10.1. The second kappa shape index (κ2) is 7.06. The van der Waals surface area contributed by atoms with Crippen molar-refractivity contribution in [1.29, 1.82) is 0 Å². The lowest BCUT2D eigenvalue weighted by Gasteiger charge is -2.14. The Morgan fingerprint density at radius 3 is 2.65 bits per heavy atom. The highest BCUT2D eigenvalue weighted by Crippen LogP contribution is 2.26. The molecule has 0 aliphatic carbocycles. The number of aromatic nitrogens is 2. The first-order valence-electron chi connectivity index (χ1n) is 8.95. The van der Waals surface area contributed by atoms with E-state index in [0.29, 0.717) is 0 Å². The van der Waals surface area contributed by atoms with E-state index < -0.39 is 0 Å². The van der Waals surface area contributed by atoms with Crippen LogP contribution in [0.15, 0.2) is 60.8 Å². The molecule has 4 rings (SSSR count). The zero-order valence-corrected chi connectivity index (χ0v) is 16.2. The maximum atomic E-state index is 4.70. The van der Waals surface area contributed by atoms with Crippen molar-refractivity contribution in [3.63, 3.8) is 0 Å². The average molecular weight is 362 g/mol. The molecule has 0 spiro atoms. The topological polar surface area (TPSA) is 29.9 Å². The first-order chi connectivity index (χ1) is 12.6. The fourth-order valence-corrected chi connectivity index (χ4v) is 4.27. The molecule has 0 aliphatic heterocycles. The van der Waals surface area contributed by atoms with Crippen LogP contribution in [-0.2, 0) is 6.54 Å². The van der Waals surface area contributed by atoms with E-state index in [9.17, 15) is 0 Å². The fraction of sp³-hybridized carbons (Fsp3) is 0.227. The fourth-order valence-electron chi connectivity index (χ4n) is 3.43. The highest BCUT2D eigenvalue weighted by Gasteiger charge is 2.15. The van der Waals surface area contributed by atoms with Crippen LogP contribution < -0.4 is 5.32 Å². The third-order valence-corrected chi connectivity index (χ3v) is 5.89. The Balaban J connectivity index is 1.61. The van der Waals surface area contributed by atoms with E-state index in [1.54, 1.807) is 0 Å². The molecule has 1 atom stereocenters. The summed E-state index contributed by atoms with van der Waals surface area (Å²) >= 11 is 1.85. The molecule has 1 N–H and O–H groups in total. The van der Waals surface area contributed by atoms with Crippen molar-refractivity contribution >= 4 is 22.1 Å². The van der Waals surface area contributed by atoms with Crippen LogP contribution in [0.4, 0.5) is 0 Å². The predicted octanol–water partition coefficient (Wildman–Crippen LogP) is 5.55. The van der Waals surface area contributed by atoms with Crippen molar-refractivity contribution in [3.8, 4) is 5.69 Å². The van der Waals surface area contributed by atoms with Gasteiger partial charge < -0.3 is 5.32 Å². The molecule has 2 aromatic carbocycles. The Morgan fingerprint density at radius 2 is 1.85 bits per heavy atom. The molecule has 2 heterocycles. The van der Waals surface area contributed by atoms with Crippen molar-refractivity contribution in [2.45, 2.75) is 33.4 Å². The van der Waals surface area contributed by atoms with Gasteiger partial charge in [0.2, 0.25) is 0 Å². The van der Waals surface area contributed by atoms with Gasteiger partial charge in [-0.2, -0.15) is 5.10 Å². The van der Waals surface area contributed by atoms with Crippen LogP contribution in [0.1, 0.15) is 34.0 Å². The average Bonchev–Trinajstić information content (AvgIpc) is 3.25. The smallest absolute Gasteiger partial charge is 0.0727 e. The number of nitrogens with one attached hydrogen (secondary N) is 1. The van der Waals surface area contributed by atoms with Gasteiger partial charge in [-0.1, -0.05) is 36.4 Å². The first-order valence-corrected chi connectivity index (χ1v) is 9.76. The van der Waals surface area contributed by atoms with Gasteiger partial charge in [0.25, 0.3) is 0 Å². The number of rotatable bonds is 5. The summed E-state index contributed by atoms with van der Waals surface area (Å²) in [6, 6.07) is 19.5. The third kappa shape index (κ3) is 3.18. The third-order valence-electron chi connectivity index (χ3n) is 4.89. The summed E-state index contributed by atoms with van der Waals surface area (Å²) < 4.78 is 2.06. The zero-order chi connectivity index (χ0) is 18.1. The maximum Gasteiger partial charge on any atom is 0.0727 e. The summed E-state index contributed by atoms with van der Waals surface area (Å²) in [5, 5.41) is 10.8. The van der Waals surface area contributed by atoms with E-state index in [1.165, 1.54) is 31.8 Å². The van der Waals surface area contributed by atoms with Crippen LogP contribution in [0, 0.1) is 13.8 Å². The molecular formula is C22H23N3S. The number of fused-ring (bicyclic) bond motifs is 1. The number of benzene rings is 2. The van der Waals surface area contributed by atoms with E-state index in [2.05, 4.69) is 85.4 Å². The van der Waals surface area contributed by atoms with E-state index in [4.69, 9.17) is 5.10 Å². The van der Waals surface area contributed by atoms with Gasteiger partial charge in [-0.05, 0) is 44.4 Å². The molecule has 0 bridgehead atoms. The number of thiophene rings is 1. The van der Waals surface area contributed by atoms with Gasteiger partial charge in [-0.3, -0.25) is 0 Å².